The fourth-order valence-corrected chi connectivity index (χ4v) is 2.88. The van der Waals surface area contributed by atoms with Gasteiger partial charge in [-0.1, -0.05) is 19.3 Å². The molecule has 0 bridgehead atoms. The number of hydrogen-bond acceptors (Lipinski definition) is 1. The molecule has 0 aliphatic heterocycles. The summed E-state index contributed by atoms with van der Waals surface area (Å²) >= 11 is 0. The molecule has 0 N–H and O–H groups in total. The summed E-state index contributed by atoms with van der Waals surface area (Å²) in [6.07, 6.45) is 10.0. The molecule has 2 saturated carbocycles. The van der Waals surface area contributed by atoms with Crippen LogP contribution in [0.1, 0.15) is 51.4 Å². The van der Waals surface area contributed by atoms with Gasteiger partial charge >= 0.3 is 0 Å². The molecule has 0 aromatic rings. The van der Waals surface area contributed by atoms with E-state index in [1.165, 1.54) is 44.9 Å². The number of Topliss-reactive ketones (excluding diaryl/α,β-unsaturated/α-hetero) is 1. The average Bonchev–Trinajstić information content (AvgIpc) is 2.53. The van der Waals surface area contributed by atoms with Crippen LogP contribution in [-0.2, 0) is 4.79 Å². The molecule has 0 saturated heterocycles. The third kappa shape index (κ3) is 1.55. The summed E-state index contributed by atoms with van der Waals surface area (Å²) in [4.78, 5) is 11.5. The predicted octanol–water partition coefficient (Wildman–Crippen LogP) is 2.94. The van der Waals surface area contributed by atoms with Gasteiger partial charge in [0.05, 0.1) is 0 Å². The van der Waals surface area contributed by atoms with Gasteiger partial charge in [-0.3, -0.25) is 4.79 Å². The Bertz CT molecular complexity index is 168. The van der Waals surface area contributed by atoms with Crippen LogP contribution in [0.15, 0.2) is 0 Å². The minimum Gasteiger partial charge on any atom is -0.299 e. The van der Waals surface area contributed by atoms with Crippen molar-refractivity contribution in [3.05, 3.63) is 0 Å². The van der Waals surface area contributed by atoms with Crippen molar-refractivity contribution in [1.82, 2.24) is 0 Å². The molecule has 1 nitrogen and oxygen atoms in total. The van der Waals surface area contributed by atoms with Gasteiger partial charge in [-0.05, 0) is 31.6 Å². The van der Waals surface area contributed by atoms with E-state index in [9.17, 15) is 4.79 Å². The lowest BCUT2D eigenvalue weighted by atomic mass is 9.79. The van der Waals surface area contributed by atoms with Gasteiger partial charge in [0.2, 0.25) is 0 Å². The molecule has 0 amide bonds. The molecular weight excluding hydrogens is 148 g/mol. The van der Waals surface area contributed by atoms with E-state index in [2.05, 4.69) is 0 Å². The van der Waals surface area contributed by atoms with Crippen LogP contribution in [0.5, 0.6) is 0 Å². The van der Waals surface area contributed by atoms with E-state index in [4.69, 9.17) is 0 Å². The van der Waals surface area contributed by atoms with E-state index in [0.29, 0.717) is 11.7 Å². The number of rotatable bonds is 1. The Morgan fingerprint density at radius 1 is 0.917 bits per heavy atom. The average molecular weight is 166 g/mol. The Balaban J connectivity index is 1.93. The van der Waals surface area contributed by atoms with Gasteiger partial charge in [0.25, 0.3) is 0 Å². The lowest BCUT2D eigenvalue weighted by Gasteiger charge is -2.25. The van der Waals surface area contributed by atoms with Gasteiger partial charge in [-0.15, -0.1) is 0 Å². The molecule has 0 aromatic carbocycles. The zero-order valence-corrected chi connectivity index (χ0v) is 7.72. The summed E-state index contributed by atoms with van der Waals surface area (Å²) in [6.45, 7) is 0. The molecule has 2 fully saturated rings. The number of carbonyl (C=O) groups excluding carboxylic acids is 1. The first-order valence-electron chi connectivity index (χ1n) is 5.40. The van der Waals surface area contributed by atoms with Crippen molar-refractivity contribution in [3.8, 4) is 0 Å². The minimum absolute atomic E-state index is 0.477. The molecule has 68 valence electrons. The summed E-state index contributed by atoms with van der Waals surface area (Å²) in [6, 6.07) is 0. The van der Waals surface area contributed by atoms with E-state index in [1.807, 2.05) is 0 Å². The molecule has 0 spiro atoms. The molecule has 2 aliphatic carbocycles. The Kier molecular flexibility index (Phi) is 2.48. The highest BCUT2D eigenvalue weighted by Gasteiger charge is 2.32. The Morgan fingerprint density at radius 3 is 2.25 bits per heavy atom. The maximum Gasteiger partial charge on any atom is 0.136 e. The number of carbonyl (C=O) groups is 1. The van der Waals surface area contributed by atoms with Crippen LogP contribution in [0.4, 0.5) is 0 Å². The topological polar surface area (TPSA) is 17.1 Å². The van der Waals surface area contributed by atoms with Gasteiger partial charge < -0.3 is 0 Å². The molecule has 0 unspecified atom stereocenters. The van der Waals surface area contributed by atoms with E-state index >= 15 is 0 Å². The van der Waals surface area contributed by atoms with E-state index in [0.717, 1.165) is 12.3 Å². The quantitative estimate of drug-likeness (QED) is 0.585. The molecule has 1 heteroatoms. The second-order valence-corrected chi connectivity index (χ2v) is 4.36. The number of ketones is 1. The van der Waals surface area contributed by atoms with E-state index in [-0.39, 0.29) is 0 Å². The standard InChI is InChI=1S/C11H18O/c12-11-8-4-7-10(11)9-5-2-1-3-6-9/h9-10H,1-8H2/t10-/m1/s1. The highest BCUT2D eigenvalue weighted by Crippen LogP contribution is 2.37. The van der Waals surface area contributed by atoms with Crippen molar-refractivity contribution in [2.75, 3.05) is 0 Å². The van der Waals surface area contributed by atoms with Crippen molar-refractivity contribution in [3.63, 3.8) is 0 Å². The third-order valence-corrected chi connectivity index (χ3v) is 3.57. The van der Waals surface area contributed by atoms with Crippen molar-refractivity contribution in [1.29, 1.82) is 0 Å². The first-order valence-corrected chi connectivity index (χ1v) is 5.40. The Hall–Kier alpha value is -0.330. The normalized spacial score (nSPS) is 32.7. The smallest absolute Gasteiger partial charge is 0.136 e. The van der Waals surface area contributed by atoms with Crippen molar-refractivity contribution < 1.29 is 4.79 Å². The molecule has 2 aliphatic rings. The molecule has 0 radical (unpaired) electrons. The van der Waals surface area contributed by atoms with Crippen molar-refractivity contribution >= 4 is 5.78 Å². The molecule has 0 heterocycles. The van der Waals surface area contributed by atoms with E-state index < -0.39 is 0 Å². The summed E-state index contributed by atoms with van der Waals surface area (Å²) in [5.74, 6) is 1.82. The van der Waals surface area contributed by atoms with Gasteiger partial charge in [0, 0.05) is 12.3 Å². The molecule has 12 heavy (non-hydrogen) atoms. The fourth-order valence-electron chi connectivity index (χ4n) is 2.88. The summed E-state index contributed by atoms with van der Waals surface area (Å²) < 4.78 is 0. The van der Waals surface area contributed by atoms with Crippen LogP contribution in [0.3, 0.4) is 0 Å². The Labute approximate surface area is 74.5 Å². The Morgan fingerprint density at radius 2 is 1.67 bits per heavy atom. The summed E-state index contributed by atoms with van der Waals surface area (Å²) in [5.41, 5.74) is 0. The molecule has 0 aromatic heterocycles. The van der Waals surface area contributed by atoms with Crippen LogP contribution in [0.2, 0.25) is 0 Å². The van der Waals surface area contributed by atoms with Crippen LogP contribution in [0.25, 0.3) is 0 Å². The third-order valence-electron chi connectivity index (χ3n) is 3.57. The monoisotopic (exact) mass is 166 g/mol. The highest BCUT2D eigenvalue weighted by atomic mass is 16.1. The minimum atomic E-state index is 0.477. The summed E-state index contributed by atoms with van der Waals surface area (Å²) in [7, 11) is 0. The maximum absolute atomic E-state index is 11.5. The zero-order chi connectivity index (χ0) is 8.39. The lowest BCUT2D eigenvalue weighted by molar-refractivity contribution is -0.122. The lowest BCUT2D eigenvalue weighted by Crippen LogP contribution is -2.21. The van der Waals surface area contributed by atoms with E-state index in [1.54, 1.807) is 0 Å². The largest absolute Gasteiger partial charge is 0.299 e. The molecule has 2 rings (SSSR count). The van der Waals surface area contributed by atoms with Crippen molar-refractivity contribution in [2.45, 2.75) is 51.4 Å². The van der Waals surface area contributed by atoms with Crippen molar-refractivity contribution in [2.24, 2.45) is 11.8 Å². The zero-order valence-electron chi connectivity index (χ0n) is 7.72. The molecular formula is C11H18O. The first kappa shape index (κ1) is 8.28. The van der Waals surface area contributed by atoms with Crippen LogP contribution in [0, 0.1) is 11.8 Å². The fraction of sp³-hybridized carbons (Fsp3) is 0.909. The second-order valence-electron chi connectivity index (χ2n) is 4.36. The van der Waals surface area contributed by atoms with Gasteiger partial charge in [-0.25, -0.2) is 0 Å². The van der Waals surface area contributed by atoms with Gasteiger partial charge in [0.15, 0.2) is 0 Å². The second kappa shape index (κ2) is 3.59. The number of hydrogen-bond donors (Lipinski definition) is 0. The maximum atomic E-state index is 11.5. The first-order chi connectivity index (χ1) is 5.88. The van der Waals surface area contributed by atoms with Gasteiger partial charge in [0.1, 0.15) is 5.78 Å². The van der Waals surface area contributed by atoms with Crippen LogP contribution < -0.4 is 0 Å². The van der Waals surface area contributed by atoms with Crippen LogP contribution in [-0.4, -0.2) is 5.78 Å². The highest BCUT2D eigenvalue weighted by molar-refractivity contribution is 5.83. The SMILES string of the molecule is O=C1CCC[C@@H]1C1CCCCC1. The predicted molar refractivity (Wildman–Crippen MR) is 48.9 cm³/mol. The molecule has 1 atom stereocenters. The van der Waals surface area contributed by atoms with Gasteiger partial charge in [-0.2, -0.15) is 0 Å². The van der Waals surface area contributed by atoms with Crippen LogP contribution >= 0.6 is 0 Å². The summed E-state index contributed by atoms with van der Waals surface area (Å²) in [5, 5.41) is 0.